The molecule has 0 bridgehead atoms. The van der Waals surface area contributed by atoms with Gasteiger partial charge in [0.05, 0.1) is 32.5 Å². The van der Waals surface area contributed by atoms with E-state index >= 15 is 0 Å². The van der Waals surface area contributed by atoms with Crippen LogP contribution in [0.1, 0.15) is 30.3 Å². The Hall–Kier alpha value is -3.00. The Morgan fingerprint density at radius 3 is 2.09 bits per heavy atom. The van der Waals surface area contributed by atoms with Gasteiger partial charge in [-0.25, -0.2) is 0 Å². The molecular weight excluding hydrogens is 604 g/mol. The van der Waals surface area contributed by atoms with E-state index in [-0.39, 0.29) is 39.9 Å². The summed E-state index contributed by atoms with van der Waals surface area (Å²) in [5, 5.41) is 95.0. The third kappa shape index (κ3) is 6.36. The van der Waals surface area contributed by atoms with Gasteiger partial charge in [0, 0.05) is 12.1 Å². The van der Waals surface area contributed by atoms with Crippen LogP contribution in [0.5, 0.6) is 28.7 Å². The fourth-order valence-electron chi connectivity index (χ4n) is 5.58. The predicted octanol–water partition coefficient (Wildman–Crippen LogP) is -1.68. The molecule has 250 valence electrons. The van der Waals surface area contributed by atoms with E-state index in [2.05, 4.69) is 0 Å². The average Bonchev–Trinajstić information content (AvgIpc) is 3.02. The van der Waals surface area contributed by atoms with E-state index < -0.39 is 86.3 Å². The highest BCUT2D eigenvalue weighted by Gasteiger charge is 2.50. The third-order valence-electron chi connectivity index (χ3n) is 8.21. The second kappa shape index (κ2) is 13.4. The molecular formula is C29H38O16. The molecule has 16 nitrogen and oxygen atoms in total. The number of hydrogen-bond donors (Lipinski definition) is 9. The van der Waals surface area contributed by atoms with Gasteiger partial charge in [-0.05, 0) is 24.6 Å². The molecule has 2 aromatic carbocycles. The number of aromatic hydroxyl groups is 2. The number of ether oxygens (including phenoxy) is 7. The molecule has 0 spiro atoms. The monoisotopic (exact) mass is 642 g/mol. The molecule has 2 aromatic rings. The topological polar surface area (TPSA) is 247 Å². The summed E-state index contributed by atoms with van der Waals surface area (Å²) in [7, 11) is 2.74. The first-order valence-electron chi connectivity index (χ1n) is 14.1. The van der Waals surface area contributed by atoms with E-state index in [1.807, 2.05) is 0 Å². The lowest BCUT2D eigenvalue weighted by atomic mass is 9.90. The van der Waals surface area contributed by atoms with E-state index in [1.54, 1.807) is 0 Å². The Morgan fingerprint density at radius 1 is 0.733 bits per heavy atom. The minimum atomic E-state index is -1.85. The number of phenolic OH excluding ortho intramolecular Hbond substituents is 2. The normalized spacial score (nSPS) is 38.2. The van der Waals surface area contributed by atoms with Crippen molar-refractivity contribution >= 4 is 0 Å². The highest BCUT2D eigenvalue weighted by Crippen LogP contribution is 2.49. The lowest BCUT2D eigenvalue weighted by Crippen LogP contribution is -2.61. The summed E-state index contributed by atoms with van der Waals surface area (Å²) in [6.07, 6.45) is -19.7. The fourth-order valence-corrected chi connectivity index (χ4v) is 5.58. The van der Waals surface area contributed by atoms with Crippen LogP contribution in [0.3, 0.4) is 0 Å². The molecule has 2 saturated heterocycles. The Labute approximate surface area is 257 Å². The summed E-state index contributed by atoms with van der Waals surface area (Å²) in [6.45, 7) is 0.916. The van der Waals surface area contributed by atoms with Crippen LogP contribution in [-0.2, 0) is 18.9 Å². The molecule has 2 fully saturated rings. The molecule has 9 N–H and O–H groups in total. The fraction of sp³-hybridized carbons (Fsp3) is 0.586. The molecule has 13 unspecified atom stereocenters. The van der Waals surface area contributed by atoms with E-state index in [9.17, 15) is 46.0 Å². The van der Waals surface area contributed by atoms with Crippen LogP contribution >= 0.6 is 0 Å². The van der Waals surface area contributed by atoms with Crippen LogP contribution in [0, 0.1) is 0 Å². The van der Waals surface area contributed by atoms with E-state index in [4.69, 9.17) is 33.2 Å². The SMILES string of the molecule is COc1cc(O)c2c(c1)OC(c1ccc(OC)c(O)c1)C(OC1OC(COC3OC(C)C(O)C(O)C3O)C(O)C(O)C1O)C2O. The van der Waals surface area contributed by atoms with Crippen LogP contribution in [-0.4, -0.2) is 134 Å². The quantitative estimate of drug-likeness (QED) is 0.156. The lowest BCUT2D eigenvalue weighted by Gasteiger charge is -2.45. The van der Waals surface area contributed by atoms with Gasteiger partial charge >= 0.3 is 0 Å². The zero-order valence-corrected chi connectivity index (χ0v) is 24.5. The predicted molar refractivity (Wildman–Crippen MR) is 148 cm³/mol. The summed E-state index contributed by atoms with van der Waals surface area (Å²) in [4.78, 5) is 0. The number of benzene rings is 2. The van der Waals surface area contributed by atoms with Crippen molar-refractivity contribution in [3.8, 4) is 28.7 Å². The standard InChI is InChI=1S/C29H38O16/c1-10-19(32)22(35)24(37)28(42-10)41-9-17-20(33)23(36)25(38)29(44-17)45-27-21(34)18-14(31)7-12(39-2)8-16(18)43-26(27)11-4-5-15(40-3)13(30)6-11/h4-8,10,17,19-38H,9H2,1-3H3. The lowest BCUT2D eigenvalue weighted by molar-refractivity contribution is -0.341. The maximum Gasteiger partial charge on any atom is 0.187 e. The summed E-state index contributed by atoms with van der Waals surface area (Å²) in [5.41, 5.74) is 0.216. The number of fused-ring (bicyclic) bond motifs is 1. The van der Waals surface area contributed by atoms with Gasteiger partial charge in [0.1, 0.15) is 72.2 Å². The van der Waals surface area contributed by atoms with E-state index in [0.717, 1.165) is 0 Å². The summed E-state index contributed by atoms with van der Waals surface area (Å²) < 4.78 is 39.1. The van der Waals surface area contributed by atoms with Gasteiger partial charge in [0.2, 0.25) is 0 Å². The molecule has 0 aromatic heterocycles. The molecule has 0 amide bonds. The summed E-state index contributed by atoms with van der Waals surface area (Å²) in [6, 6.07) is 6.98. The molecule has 16 heteroatoms. The molecule has 0 saturated carbocycles. The second-order valence-corrected chi connectivity index (χ2v) is 11.1. The van der Waals surface area contributed by atoms with Gasteiger partial charge in [-0.1, -0.05) is 6.07 Å². The van der Waals surface area contributed by atoms with Crippen molar-refractivity contribution in [1.82, 2.24) is 0 Å². The van der Waals surface area contributed by atoms with Crippen molar-refractivity contribution in [3.63, 3.8) is 0 Å². The Bertz CT molecular complexity index is 1330. The molecule has 3 aliphatic heterocycles. The van der Waals surface area contributed by atoms with Crippen LogP contribution < -0.4 is 14.2 Å². The van der Waals surface area contributed by atoms with Crippen molar-refractivity contribution in [3.05, 3.63) is 41.5 Å². The van der Waals surface area contributed by atoms with E-state index in [1.165, 1.54) is 51.5 Å². The molecule has 13 atom stereocenters. The first kappa shape index (κ1) is 33.4. The van der Waals surface area contributed by atoms with Crippen molar-refractivity contribution in [2.75, 3.05) is 20.8 Å². The van der Waals surface area contributed by atoms with Crippen molar-refractivity contribution < 1.29 is 79.1 Å². The van der Waals surface area contributed by atoms with Crippen molar-refractivity contribution in [2.45, 2.75) is 86.6 Å². The van der Waals surface area contributed by atoms with E-state index in [0.29, 0.717) is 0 Å². The zero-order valence-electron chi connectivity index (χ0n) is 24.5. The smallest absolute Gasteiger partial charge is 0.187 e. The molecule has 0 radical (unpaired) electrons. The van der Waals surface area contributed by atoms with Crippen LogP contribution in [0.15, 0.2) is 30.3 Å². The number of phenols is 2. The Morgan fingerprint density at radius 2 is 1.42 bits per heavy atom. The molecule has 45 heavy (non-hydrogen) atoms. The first-order chi connectivity index (χ1) is 21.4. The van der Waals surface area contributed by atoms with Crippen LogP contribution in [0.2, 0.25) is 0 Å². The number of rotatable bonds is 8. The van der Waals surface area contributed by atoms with Gasteiger partial charge in [-0.3, -0.25) is 0 Å². The average molecular weight is 643 g/mol. The van der Waals surface area contributed by atoms with Gasteiger partial charge in [0.25, 0.3) is 0 Å². The summed E-state index contributed by atoms with van der Waals surface area (Å²) in [5.74, 6) is -0.222. The first-order valence-corrected chi connectivity index (χ1v) is 14.1. The largest absolute Gasteiger partial charge is 0.507 e. The highest BCUT2D eigenvalue weighted by atomic mass is 16.7. The Kier molecular flexibility index (Phi) is 9.93. The minimum Gasteiger partial charge on any atom is -0.507 e. The molecule has 5 rings (SSSR count). The zero-order chi connectivity index (χ0) is 32.7. The van der Waals surface area contributed by atoms with Crippen molar-refractivity contribution in [1.29, 1.82) is 0 Å². The number of hydrogen-bond acceptors (Lipinski definition) is 16. The van der Waals surface area contributed by atoms with Crippen LogP contribution in [0.4, 0.5) is 0 Å². The van der Waals surface area contributed by atoms with Crippen LogP contribution in [0.25, 0.3) is 0 Å². The second-order valence-electron chi connectivity index (χ2n) is 11.1. The van der Waals surface area contributed by atoms with Gasteiger partial charge in [-0.15, -0.1) is 0 Å². The molecule has 3 heterocycles. The number of aliphatic hydroxyl groups is 7. The Balaban J connectivity index is 1.41. The third-order valence-corrected chi connectivity index (χ3v) is 8.21. The molecule has 3 aliphatic rings. The van der Waals surface area contributed by atoms with Gasteiger partial charge < -0.3 is 79.1 Å². The van der Waals surface area contributed by atoms with Gasteiger partial charge in [-0.2, -0.15) is 0 Å². The minimum absolute atomic E-state index is 0.0407. The highest BCUT2D eigenvalue weighted by molar-refractivity contribution is 5.53. The summed E-state index contributed by atoms with van der Waals surface area (Å²) >= 11 is 0. The molecule has 0 aliphatic carbocycles. The van der Waals surface area contributed by atoms with Gasteiger partial charge in [0.15, 0.2) is 30.2 Å². The number of aliphatic hydroxyl groups excluding tert-OH is 7. The maximum atomic E-state index is 11.5. The maximum absolute atomic E-state index is 11.5. The van der Waals surface area contributed by atoms with Crippen molar-refractivity contribution in [2.24, 2.45) is 0 Å². The number of methoxy groups -OCH3 is 2.